The fourth-order valence-corrected chi connectivity index (χ4v) is 3.64. The number of hydrogen-bond acceptors (Lipinski definition) is 2. The maximum absolute atomic E-state index is 10.8. The summed E-state index contributed by atoms with van der Waals surface area (Å²) in [5, 5.41) is 8.72. The van der Waals surface area contributed by atoms with Gasteiger partial charge in [-0.05, 0) is 0 Å². The van der Waals surface area contributed by atoms with E-state index in [0.717, 1.165) is 10.8 Å². The first kappa shape index (κ1) is 9.50. The number of aliphatic carboxylic acids is 1. The first-order chi connectivity index (χ1) is 5.63. The van der Waals surface area contributed by atoms with Gasteiger partial charge in [-0.15, -0.1) is 0 Å². The Morgan fingerprint density at radius 1 is 1.50 bits per heavy atom. The molecule has 1 rings (SSSR count). The number of hydrogen-bond donors (Lipinski definition) is 2. The van der Waals surface area contributed by atoms with Crippen molar-refractivity contribution in [3.05, 3.63) is 9.15 Å². The summed E-state index contributed by atoms with van der Waals surface area (Å²) in [6.07, 6.45) is 1.44. The Balaban J connectivity index is 2.99. The summed E-state index contributed by atoms with van der Waals surface area (Å²) < 4.78 is 1.25. The van der Waals surface area contributed by atoms with Crippen LogP contribution in [0.5, 0.6) is 0 Å². The molecular weight excluding hydrogens is 273 g/mol. The van der Waals surface area contributed by atoms with E-state index in [1.807, 2.05) is 0 Å². The molecule has 4 nitrogen and oxygen atoms in total. The molecule has 0 spiro atoms. The van der Waals surface area contributed by atoms with Gasteiger partial charge in [-0.1, -0.05) is 0 Å². The normalized spacial score (nSPS) is 18.3. The molecule has 0 bridgehead atoms. The molecule has 12 heavy (non-hydrogen) atoms. The molecule has 0 aliphatic carbocycles. The van der Waals surface area contributed by atoms with Gasteiger partial charge in [0, 0.05) is 0 Å². The fraction of sp³-hybridized carbons (Fsp3) is 0.429. The van der Waals surface area contributed by atoms with Crippen LogP contribution in [-0.2, 0) is 9.59 Å². The molecule has 0 radical (unpaired) electrons. The second kappa shape index (κ2) is 3.88. The van der Waals surface area contributed by atoms with E-state index in [0.29, 0.717) is 15.6 Å². The van der Waals surface area contributed by atoms with Crippen molar-refractivity contribution in [1.29, 1.82) is 0 Å². The van der Waals surface area contributed by atoms with Crippen LogP contribution in [0.2, 0.25) is 0 Å². The number of alkyl halides is 1. The zero-order chi connectivity index (χ0) is 9.14. The predicted octanol–water partition coefficient (Wildman–Crippen LogP) is -3.31. The molecule has 0 aromatic heterocycles. The molecule has 1 aliphatic rings. The fourth-order valence-electron chi connectivity index (χ4n) is 1.01. The van der Waals surface area contributed by atoms with Crippen LogP contribution >= 0.6 is 0 Å². The van der Waals surface area contributed by atoms with Crippen molar-refractivity contribution in [3.8, 4) is 0 Å². The van der Waals surface area contributed by atoms with Gasteiger partial charge in [-0.2, -0.15) is 0 Å². The number of amides is 1. The van der Waals surface area contributed by atoms with Crippen molar-refractivity contribution in [2.75, 3.05) is 4.43 Å². The Kier molecular flexibility index (Phi) is 3.07. The second-order valence-corrected chi connectivity index (χ2v) is 5.31. The van der Waals surface area contributed by atoms with E-state index in [2.05, 4.69) is 0 Å². The van der Waals surface area contributed by atoms with Crippen molar-refractivity contribution in [2.45, 2.75) is 12.8 Å². The molecule has 0 aromatic rings. The predicted molar refractivity (Wildman–Crippen MR) is 38.0 cm³/mol. The number of carboxylic acids is 1. The van der Waals surface area contributed by atoms with E-state index in [-0.39, 0.29) is 0 Å². The molecule has 3 N–H and O–H groups in total. The van der Waals surface area contributed by atoms with Crippen LogP contribution in [0.25, 0.3) is 0 Å². The number of nitrogens with two attached hydrogens (primary N) is 1. The van der Waals surface area contributed by atoms with Gasteiger partial charge in [-0.25, -0.2) is 0 Å². The van der Waals surface area contributed by atoms with Gasteiger partial charge in [0.1, 0.15) is 0 Å². The number of carbonyl (C=O) groups is 2. The topological polar surface area (TPSA) is 80.4 Å². The molecule has 0 fully saturated rings. The Hall–Kier alpha value is -0.590. The third-order valence-corrected chi connectivity index (χ3v) is 4.72. The van der Waals surface area contributed by atoms with Gasteiger partial charge in [0.25, 0.3) is 0 Å². The number of carboxylic acid groups (broad SMARTS) is 1. The summed E-state index contributed by atoms with van der Waals surface area (Å²) in [7, 11) is 0. The van der Waals surface area contributed by atoms with E-state index in [4.69, 9.17) is 10.8 Å². The van der Waals surface area contributed by atoms with Crippen LogP contribution < -0.4 is 26.9 Å². The van der Waals surface area contributed by atoms with Crippen LogP contribution in [0, 0.1) is 0 Å². The number of halogens is 1. The van der Waals surface area contributed by atoms with Gasteiger partial charge >= 0.3 is 79.9 Å². The van der Waals surface area contributed by atoms with E-state index in [9.17, 15) is 9.59 Å². The number of rotatable bonds is 2. The minimum atomic E-state index is -0.962. The first-order valence-corrected chi connectivity index (χ1v) is 6.08. The van der Waals surface area contributed by atoms with E-state index >= 15 is 0 Å². The summed E-state index contributed by atoms with van der Waals surface area (Å²) >= 11 is -0.486. The Morgan fingerprint density at radius 3 is 2.58 bits per heavy atom. The average Bonchev–Trinajstić information content (AvgIpc) is 2.04. The quantitative estimate of drug-likeness (QED) is 0.411. The van der Waals surface area contributed by atoms with Crippen LogP contribution in [-0.4, -0.2) is 21.4 Å². The van der Waals surface area contributed by atoms with Gasteiger partial charge in [-0.3, -0.25) is 0 Å². The molecule has 68 valence electrons. The van der Waals surface area contributed by atoms with Crippen LogP contribution in [0.3, 0.4) is 0 Å². The maximum atomic E-state index is 10.8. The molecule has 0 saturated carbocycles. The van der Waals surface area contributed by atoms with Crippen molar-refractivity contribution < 1.29 is 35.9 Å². The third kappa shape index (κ3) is 1.96. The number of carbonyl (C=O) groups excluding carboxylic acids is 1. The van der Waals surface area contributed by atoms with E-state index in [1.54, 1.807) is 0 Å². The molecule has 5 heteroatoms. The summed E-state index contributed by atoms with van der Waals surface area (Å²) in [4.78, 5) is 21.4. The summed E-state index contributed by atoms with van der Waals surface area (Å²) in [6, 6.07) is 0. The van der Waals surface area contributed by atoms with Gasteiger partial charge < -0.3 is 0 Å². The van der Waals surface area contributed by atoms with E-state index < -0.39 is 33.1 Å². The van der Waals surface area contributed by atoms with Gasteiger partial charge in [0.05, 0.1) is 0 Å². The molecule has 1 heterocycles. The van der Waals surface area contributed by atoms with Crippen molar-refractivity contribution >= 4 is 11.9 Å². The van der Waals surface area contributed by atoms with Crippen LogP contribution in [0.15, 0.2) is 9.15 Å². The molecule has 1 aliphatic heterocycles. The van der Waals surface area contributed by atoms with Crippen LogP contribution in [0.4, 0.5) is 0 Å². The standard InChI is InChI=1S/C7H9INO3/c9-6(10)4-2-1-3-8-5(4)7(11)12/h1-3H2,(H2,9,10)(H,11,12)/q-1. The first-order valence-electron chi connectivity index (χ1n) is 3.48. The number of primary amides is 1. The van der Waals surface area contributed by atoms with Crippen molar-refractivity contribution in [3.63, 3.8) is 0 Å². The summed E-state index contributed by atoms with van der Waals surface area (Å²) in [6.45, 7) is 0. The SMILES string of the molecule is NC(=O)C1=C(C(=O)O)[I-]CCC1. The van der Waals surface area contributed by atoms with Gasteiger partial charge in [0.2, 0.25) is 0 Å². The molecule has 0 atom stereocenters. The summed E-state index contributed by atoms with van der Waals surface area (Å²) in [5.74, 6) is -1.52. The second-order valence-electron chi connectivity index (χ2n) is 2.39. The van der Waals surface area contributed by atoms with Crippen LogP contribution in [0.1, 0.15) is 12.8 Å². The molecule has 0 unspecified atom stereocenters. The van der Waals surface area contributed by atoms with Gasteiger partial charge in [0.15, 0.2) is 0 Å². The molecule has 0 aromatic carbocycles. The monoisotopic (exact) mass is 282 g/mol. The van der Waals surface area contributed by atoms with E-state index in [1.165, 1.54) is 0 Å². The molecule has 1 amide bonds. The Bertz CT molecular complexity index is 233. The average molecular weight is 282 g/mol. The molecule has 0 saturated heterocycles. The zero-order valence-electron chi connectivity index (χ0n) is 6.34. The minimum absolute atomic E-state index is 0.313. The van der Waals surface area contributed by atoms with Crippen molar-refractivity contribution in [1.82, 2.24) is 0 Å². The van der Waals surface area contributed by atoms with Crippen molar-refractivity contribution in [2.24, 2.45) is 5.73 Å². The third-order valence-electron chi connectivity index (χ3n) is 1.54. The Labute approximate surface area is 80.1 Å². The Morgan fingerprint density at radius 2 is 2.17 bits per heavy atom. The molecular formula is C7H9INO3-. The summed E-state index contributed by atoms with van der Waals surface area (Å²) in [5.41, 5.74) is 5.40. The zero-order valence-corrected chi connectivity index (χ0v) is 8.50.